The maximum atomic E-state index is 11.9. The topological polar surface area (TPSA) is 41.1 Å². The van der Waals surface area contributed by atoms with E-state index in [0.717, 1.165) is 11.4 Å². The van der Waals surface area contributed by atoms with E-state index in [4.69, 9.17) is 11.6 Å². The molecular weight excluding hydrogens is 296 g/mol. The zero-order valence-electron chi connectivity index (χ0n) is 12.7. The van der Waals surface area contributed by atoms with E-state index in [9.17, 15) is 4.79 Å². The zero-order chi connectivity index (χ0) is 15.8. The number of hydrogen-bond acceptors (Lipinski definition) is 2. The van der Waals surface area contributed by atoms with Crippen LogP contribution in [0.5, 0.6) is 0 Å². The summed E-state index contributed by atoms with van der Waals surface area (Å²) < 4.78 is 0. The molecule has 4 heteroatoms. The molecule has 2 rings (SSSR count). The number of amides is 1. The fourth-order valence-electron chi connectivity index (χ4n) is 2.34. The van der Waals surface area contributed by atoms with Crippen LogP contribution in [-0.2, 0) is 0 Å². The molecule has 2 N–H and O–H groups in total. The molecule has 0 aromatic heterocycles. The van der Waals surface area contributed by atoms with Crippen molar-refractivity contribution in [2.75, 3.05) is 13.1 Å². The van der Waals surface area contributed by atoms with Crippen molar-refractivity contribution in [3.8, 4) is 0 Å². The van der Waals surface area contributed by atoms with Gasteiger partial charge in [-0.25, -0.2) is 0 Å². The Bertz CT molecular complexity index is 601. The van der Waals surface area contributed by atoms with Crippen LogP contribution >= 0.6 is 11.6 Å². The van der Waals surface area contributed by atoms with Gasteiger partial charge in [-0.3, -0.25) is 4.79 Å². The molecule has 1 amide bonds. The van der Waals surface area contributed by atoms with E-state index in [1.54, 1.807) is 0 Å². The van der Waals surface area contributed by atoms with E-state index >= 15 is 0 Å². The van der Waals surface area contributed by atoms with Gasteiger partial charge in [-0.05, 0) is 36.2 Å². The Labute approximate surface area is 136 Å². The van der Waals surface area contributed by atoms with Crippen molar-refractivity contribution in [3.05, 3.63) is 70.7 Å². The Hall–Kier alpha value is -1.84. The lowest BCUT2D eigenvalue weighted by Gasteiger charge is -2.18. The van der Waals surface area contributed by atoms with Gasteiger partial charge in [0.05, 0.1) is 0 Å². The van der Waals surface area contributed by atoms with Crippen LogP contribution in [0.3, 0.4) is 0 Å². The van der Waals surface area contributed by atoms with Gasteiger partial charge in [0.1, 0.15) is 0 Å². The van der Waals surface area contributed by atoms with Crippen LogP contribution in [0.15, 0.2) is 54.6 Å². The summed E-state index contributed by atoms with van der Waals surface area (Å²) in [5.74, 6) is -0.0433. The van der Waals surface area contributed by atoms with Crippen LogP contribution < -0.4 is 10.6 Å². The highest BCUT2D eigenvalue weighted by molar-refractivity contribution is 6.30. The van der Waals surface area contributed by atoms with Crippen LogP contribution in [0, 0.1) is 0 Å². The molecule has 0 bridgehead atoms. The molecule has 0 saturated heterocycles. The lowest BCUT2D eigenvalue weighted by molar-refractivity contribution is 0.0953. The van der Waals surface area contributed by atoms with Crippen molar-refractivity contribution in [1.82, 2.24) is 10.6 Å². The second kappa shape index (κ2) is 8.57. The summed E-state index contributed by atoms with van der Waals surface area (Å²) in [6.45, 7) is 3.43. The SMILES string of the molecule is CC[C@H](NCCNC(=O)c1ccccc1)c1cccc(Cl)c1. The van der Waals surface area contributed by atoms with E-state index in [1.807, 2.05) is 48.5 Å². The van der Waals surface area contributed by atoms with Gasteiger partial charge >= 0.3 is 0 Å². The first-order chi connectivity index (χ1) is 10.7. The van der Waals surface area contributed by atoms with Gasteiger partial charge in [-0.15, -0.1) is 0 Å². The summed E-state index contributed by atoms with van der Waals surface area (Å²) in [6, 6.07) is 17.4. The van der Waals surface area contributed by atoms with Crippen LogP contribution in [0.2, 0.25) is 5.02 Å². The number of halogens is 1. The molecular formula is C18H21ClN2O. The van der Waals surface area contributed by atoms with Gasteiger partial charge in [-0.2, -0.15) is 0 Å². The first-order valence-electron chi connectivity index (χ1n) is 7.52. The quantitative estimate of drug-likeness (QED) is 0.763. The Morgan fingerprint density at radius 1 is 1.09 bits per heavy atom. The van der Waals surface area contributed by atoms with E-state index in [0.29, 0.717) is 18.7 Å². The van der Waals surface area contributed by atoms with Crippen LogP contribution in [0.1, 0.15) is 35.3 Å². The summed E-state index contributed by atoms with van der Waals surface area (Å²) in [5, 5.41) is 7.11. The number of rotatable bonds is 7. The summed E-state index contributed by atoms with van der Waals surface area (Å²) in [5.41, 5.74) is 1.86. The predicted octanol–water partition coefficient (Wildman–Crippen LogP) is 3.81. The van der Waals surface area contributed by atoms with Crippen LogP contribution in [0.25, 0.3) is 0 Å². The van der Waals surface area contributed by atoms with Crippen molar-refractivity contribution >= 4 is 17.5 Å². The molecule has 0 unspecified atom stereocenters. The number of carbonyl (C=O) groups excluding carboxylic acids is 1. The predicted molar refractivity (Wildman–Crippen MR) is 91.3 cm³/mol. The number of benzene rings is 2. The smallest absolute Gasteiger partial charge is 0.251 e. The molecule has 0 radical (unpaired) electrons. The van der Waals surface area contributed by atoms with Crippen molar-refractivity contribution < 1.29 is 4.79 Å². The molecule has 0 saturated carbocycles. The molecule has 3 nitrogen and oxygen atoms in total. The van der Waals surface area contributed by atoms with Gasteiger partial charge in [0, 0.05) is 29.7 Å². The van der Waals surface area contributed by atoms with Crippen molar-refractivity contribution in [2.24, 2.45) is 0 Å². The van der Waals surface area contributed by atoms with Gasteiger partial charge in [-0.1, -0.05) is 48.9 Å². The Balaban J connectivity index is 1.79. The number of nitrogens with one attached hydrogen (secondary N) is 2. The van der Waals surface area contributed by atoms with Crippen molar-refractivity contribution in [3.63, 3.8) is 0 Å². The highest BCUT2D eigenvalue weighted by Crippen LogP contribution is 2.19. The van der Waals surface area contributed by atoms with Gasteiger partial charge in [0.2, 0.25) is 0 Å². The highest BCUT2D eigenvalue weighted by Gasteiger charge is 2.09. The number of hydrogen-bond donors (Lipinski definition) is 2. The summed E-state index contributed by atoms with van der Waals surface area (Å²) in [6.07, 6.45) is 0.965. The molecule has 0 heterocycles. The molecule has 0 fully saturated rings. The monoisotopic (exact) mass is 316 g/mol. The second-order valence-corrected chi connectivity index (χ2v) is 5.53. The zero-order valence-corrected chi connectivity index (χ0v) is 13.4. The van der Waals surface area contributed by atoms with E-state index < -0.39 is 0 Å². The third kappa shape index (κ3) is 4.86. The van der Waals surface area contributed by atoms with Crippen molar-refractivity contribution in [1.29, 1.82) is 0 Å². The number of carbonyl (C=O) groups is 1. The van der Waals surface area contributed by atoms with Gasteiger partial charge in [0.25, 0.3) is 5.91 Å². The Kier molecular flexibility index (Phi) is 6.44. The average Bonchev–Trinajstić information content (AvgIpc) is 2.55. The maximum Gasteiger partial charge on any atom is 0.251 e. The third-order valence-electron chi connectivity index (χ3n) is 3.50. The molecule has 0 spiro atoms. The standard InChI is InChI=1S/C18H21ClN2O/c1-2-17(15-9-6-10-16(19)13-15)20-11-12-21-18(22)14-7-4-3-5-8-14/h3-10,13,17,20H,2,11-12H2,1H3,(H,21,22)/t17-/m0/s1. The Morgan fingerprint density at radius 3 is 2.55 bits per heavy atom. The lowest BCUT2D eigenvalue weighted by atomic mass is 10.0. The molecule has 0 aliphatic heterocycles. The molecule has 2 aromatic carbocycles. The molecule has 116 valence electrons. The minimum atomic E-state index is -0.0433. The fraction of sp³-hybridized carbons (Fsp3) is 0.278. The normalized spacial score (nSPS) is 11.9. The van der Waals surface area contributed by atoms with Crippen molar-refractivity contribution in [2.45, 2.75) is 19.4 Å². The van der Waals surface area contributed by atoms with Crippen LogP contribution in [-0.4, -0.2) is 19.0 Å². The molecule has 0 aliphatic rings. The van der Waals surface area contributed by atoms with E-state index in [-0.39, 0.29) is 11.9 Å². The highest BCUT2D eigenvalue weighted by atomic mass is 35.5. The molecule has 22 heavy (non-hydrogen) atoms. The third-order valence-corrected chi connectivity index (χ3v) is 3.73. The first-order valence-corrected chi connectivity index (χ1v) is 7.90. The van der Waals surface area contributed by atoms with Crippen LogP contribution in [0.4, 0.5) is 0 Å². The minimum Gasteiger partial charge on any atom is -0.351 e. The van der Waals surface area contributed by atoms with Gasteiger partial charge in [0.15, 0.2) is 0 Å². The summed E-state index contributed by atoms with van der Waals surface area (Å²) in [4.78, 5) is 11.9. The second-order valence-electron chi connectivity index (χ2n) is 5.09. The molecule has 2 aromatic rings. The first kappa shape index (κ1) is 16.5. The summed E-state index contributed by atoms with van der Waals surface area (Å²) in [7, 11) is 0. The Morgan fingerprint density at radius 2 is 1.86 bits per heavy atom. The van der Waals surface area contributed by atoms with E-state index in [1.165, 1.54) is 5.56 Å². The maximum absolute atomic E-state index is 11.9. The lowest BCUT2D eigenvalue weighted by Crippen LogP contribution is -2.33. The average molecular weight is 317 g/mol. The summed E-state index contributed by atoms with van der Waals surface area (Å²) >= 11 is 6.03. The minimum absolute atomic E-state index is 0.0433. The molecule has 1 atom stereocenters. The van der Waals surface area contributed by atoms with E-state index in [2.05, 4.69) is 23.6 Å². The fourth-order valence-corrected chi connectivity index (χ4v) is 2.53. The molecule has 0 aliphatic carbocycles. The largest absolute Gasteiger partial charge is 0.351 e. The van der Waals surface area contributed by atoms with Gasteiger partial charge < -0.3 is 10.6 Å².